The number of aromatic nitrogens is 3. The van der Waals surface area contributed by atoms with E-state index in [4.69, 9.17) is 4.52 Å². The Balaban J connectivity index is 1.74. The summed E-state index contributed by atoms with van der Waals surface area (Å²) in [7, 11) is 0. The summed E-state index contributed by atoms with van der Waals surface area (Å²) in [5, 5.41) is 6.52. The van der Waals surface area contributed by atoms with E-state index in [0.717, 1.165) is 5.56 Å². The molecule has 0 unspecified atom stereocenters. The zero-order valence-corrected chi connectivity index (χ0v) is 15.7. The van der Waals surface area contributed by atoms with Crippen LogP contribution in [0.25, 0.3) is 11.1 Å². The molecule has 2 heterocycles. The highest BCUT2D eigenvalue weighted by atomic mass is 19.1. The summed E-state index contributed by atoms with van der Waals surface area (Å²) >= 11 is 0. The fourth-order valence-electron chi connectivity index (χ4n) is 2.54. The molecule has 0 saturated heterocycles. The number of nitrogens with zero attached hydrogens (tertiary/aromatic N) is 3. The molecule has 0 aliphatic carbocycles. The molecule has 0 atom stereocenters. The highest BCUT2D eigenvalue weighted by molar-refractivity contribution is 5.89. The van der Waals surface area contributed by atoms with Gasteiger partial charge in [0.05, 0.1) is 0 Å². The van der Waals surface area contributed by atoms with Crippen molar-refractivity contribution in [3.8, 4) is 11.1 Å². The SMILES string of the molecule is Cc1c(CNC(=O)c2nc(C(C)(C)C)no2)ccc(-c2ccncc2)c1F. The van der Waals surface area contributed by atoms with Crippen LogP contribution in [0.5, 0.6) is 0 Å². The Morgan fingerprint density at radius 1 is 1.19 bits per heavy atom. The van der Waals surface area contributed by atoms with Crippen LogP contribution in [0, 0.1) is 12.7 Å². The minimum absolute atomic E-state index is 0.105. The van der Waals surface area contributed by atoms with Gasteiger partial charge in [0.2, 0.25) is 0 Å². The molecule has 140 valence electrons. The standard InChI is InChI=1S/C20H21FN4O2/c1-12-14(5-6-15(16(12)21)13-7-9-22-10-8-13)11-23-17(26)18-24-19(25-27-18)20(2,3)4/h5-10H,11H2,1-4H3,(H,23,26). The fraction of sp³-hybridized carbons (Fsp3) is 0.300. The number of rotatable bonds is 4. The Kier molecular flexibility index (Phi) is 5.03. The van der Waals surface area contributed by atoms with E-state index in [1.807, 2.05) is 20.8 Å². The van der Waals surface area contributed by atoms with Crippen LogP contribution in [0.4, 0.5) is 4.39 Å². The van der Waals surface area contributed by atoms with Gasteiger partial charge in [-0.3, -0.25) is 9.78 Å². The molecule has 0 bridgehead atoms. The second-order valence-electron chi connectivity index (χ2n) is 7.30. The van der Waals surface area contributed by atoms with Gasteiger partial charge in [-0.2, -0.15) is 4.98 Å². The number of nitrogens with one attached hydrogen (secondary N) is 1. The average Bonchev–Trinajstić information content (AvgIpc) is 3.14. The second-order valence-corrected chi connectivity index (χ2v) is 7.30. The van der Waals surface area contributed by atoms with Crippen LogP contribution >= 0.6 is 0 Å². The molecule has 7 heteroatoms. The van der Waals surface area contributed by atoms with E-state index in [2.05, 4.69) is 20.4 Å². The summed E-state index contributed by atoms with van der Waals surface area (Å²) < 4.78 is 19.8. The van der Waals surface area contributed by atoms with Gasteiger partial charge in [0.15, 0.2) is 5.82 Å². The van der Waals surface area contributed by atoms with E-state index >= 15 is 0 Å². The zero-order valence-electron chi connectivity index (χ0n) is 15.7. The van der Waals surface area contributed by atoms with Crippen molar-refractivity contribution in [2.45, 2.75) is 39.7 Å². The van der Waals surface area contributed by atoms with Crippen molar-refractivity contribution < 1.29 is 13.7 Å². The van der Waals surface area contributed by atoms with Crippen molar-refractivity contribution in [2.75, 3.05) is 0 Å². The van der Waals surface area contributed by atoms with Crippen molar-refractivity contribution in [3.05, 3.63) is 65.3 Å². The molecule has 3 aromatic rings. The predicted molar refractivity (Wildman–Crippen MR) is 98.5 cm³/mol. The Labute approximate surface area is 156 Å². The maximum absolute atomic E-state index is 14.8. The first-order chi connectivity index (χ1) is 12.8. The van der Waals surface area contributed by atoms with Crippen LogP contribution in [0.1, 0.15) is 48.4 Å². The summed E-state index contributed by atoms with van der Waals surface area (Å²) in [4.78, 5) is 20.3. The lowest BCUT2D eigenvalue weighted by Crippen LogP contribution is -2.24. The minimum Gasteiger partial charge on any atom is -0.344 e. The van der Waals surface area contributed by atoms with E-state index < -0.39 is 5.91 Å². The first-order valence-corrected chi connectivity index (χ1v) is 8.58. The lowest BCUT2D eigenvalue weighted by Gasteiger charge is -2.12. The molecule has 2 aromatic heterocycles. The molecule has 0 spiro atoms. The highest BCUT2D eigenvalue weighted by Gasteiger charge is 2.23. The van der Waals surface area contributed by atoms with Crippen LogP contribution in [0.2, 0.25) is 0 Å². The molecule has 1 amide bonds. The van der Waals surface area contributed by atoms with Crippen LogP contribution < -0.4 is 5.32 Å². The summed E-state index contributed by atoms with van der Waals surface area (Å²) in [6.45, 7) is 7.62. The third-order valence-electron chi connectivity index (χ3n) is 4.22. The molecule has 0 aliphatic rings. The molecule has 0 fully saturated rings. The van der Waals surface area contributed by atoms with Gasteiger partial charge in [-0.1, -0.05) is 38.1 Å². The van der Waals surface area contributed by atoms with E-state index in [-0.39, 0.29) is 23.7 Å². The number of carbonyl (C=O) groups excluding carboxylic acids is 1. The van der Waals surface area contributed by atoms with Gasteiger partial charge in [-0.25, -0.2) is 4.39 Å². The molecule has 1 aromatic carbocycles. The number of amides is 1. The normalized spacial score (nSPS) is 11.4. The number of hydrogen-bond donors (Lipinski definition) is 1. The minimum atomic E-state index is -0.490. The topological polar surface area (TPSA) is 80.9 Å². The zero-order chi connectivity index (χ0) is 19.6. The van der Waals surface area contributed by atoms with E-state index in [9.17, 15) is 9.18 Å². The van der Waals surface area contributed by atoms with E-state index in [0.29, 0.717) is 22.5 Å². The van der Waals surface area contributed by atoms with Gasteiger partial charge in [-0.05, 0) is 35.7 Å². The van der Waals surface area contributed by atoms with Crippen LogP contribution in [0.15, 0.2) is 41.2 Å². The van der Waals surface area contributed by atoms with E-state index in [1.54, 1.807) is 43.6 Å². The highest BCUT2D eigenvalue weighted by Crippen LogP contribution is 2.26. The Morgan fingerprint density at radius 2 is 1.89 bits per heavy atom. The largest absolute Gasteiger partial charge is 0.344 e. The van der Waals surface area contributed by atoms with Gasteiger partial charge >= 0.3 is 11.8 Å². The molecule has 27 heavy (non-hydrogen) atoms. The molecule has 0 aliphatic heterocycles. The van der Waals surface area contributed by atoms with Gasteiger partial charge < -0.3 is 9.84 Å². The molecule has 6 nitrogen and oxygen atoms in total. The van der Waals surface area contributed by atoms with Crippen LogP contribution in [-0.4, -0.2) is 21.0 Å². The molecule has 1 N–H and O–H groups in total. The Morgan fingerprint density at radius 3 is 2.52 bits per heavy atom. The first-order valence-electron chi connectivity index (χ1n) is 8.58. The van der Waals surface area contributed by atoms with Crippen LogP contribution in [0.3, 0.4) is 0 Å². The van der Waals surface area contributed by atoms with Gasteiger partial charge in [0.1, 0.15) is 5.82 Å². The quantitative estimate of drug-likeness (QED) is 0.757. The Hall–Kier alpha value is -3.09. The molecular weight excluding hydrogens is 347 g/mol. The van der Waals surface area contributed by atoms with E-state index in [1.165, 1.54) is 0 Å². The number of hydrogen-bond acceptors (Lipinski definition) is 5. The van der Waals surface area contributed by atoms with Gasteiger partial charge in [-0.15, -0.1) is 0 Å². The third-order valence-corrected chi connectivity index (χ3v) is 4.22. The summed E-state index contributed by atoms with van der Waals surface area (Å²) in [5.74, 6) is -0.459. The molecule has 0 radical (unpaired) electrons. The third kappa shape index (κ3) is 4.02. The molecule has 3 rings (SSSR count). The maximum atomic E-state index is 14.8. The summed E-state index contributed by atoms with van der Waals surface area (Å²) in [6.07, 6.45) is 3.24. The van der Waals surface area contributed by atoms with Crippen molar-refractivity contribution in [1.82, 2.24) is 20.4 Å². The van der Waals surface area contributed by atoms with Crippen molar-refractivity contribution in [3.63, 3.8) is 0 Å². The van der Waals surface area contributed by atoms with Crippen LogP contribution in [-0.2, 0) is 12.0 Å². The maximum Gasteiger partial charge on any atom is 0.315 e. The van der Waals surface area contributed by atoms with Gasteiger partial charge in [0, 0.05) is 29.9 Å². The summed E-state index contributed by atoms with van der Waals surface area (Å²) in [6, 6.07) is 7.00. The number of halogens is 1. The number of carbonyl (C=O) groups is 1. The second kappa shape index (κ2) is 7.26. The lowest BCUT2D eigenvalue weighted by molar-refractivity contribution is 0.0907. The summed E-state index contributed by atoms with van der Waals surface area (Å²) in [5.41, 5.74) is 2.09. The van der Waals surface area contributed by atoms with Crippen molar-refractivity contribution in [2.24, 2.45) is 0 Å². The predicted octanol–water partition coefficient (Wildman–Crippen LogP) is 3.81. The average molecular weight is 368 g/mol. The smallest absolute Gasteiger partial charge is 0.315 e. The van der Waals surface area contributed by atoms with Crippen molar-refractivity contribution in [1.29, 1.82) is 0 Å². The first kappa shape index (κ1) is 18.7. The number of pyridine rings is 1. The molecular formula is C20H21FN4O2. The number of benzene rings is 1. The molecule has 0 saturated carbocycles. The monoisotopic (exact) mass is 368 g/mol. The lowest BCUT2D eigenvalue weighted by atomic mass is 9.96. The van der Waals surface area contributed by atoms with Crippen molar-refractivity contribution >= 4 is 5.91 Å². The Bertz CT molecular complexity index is 962. The fourth-order valence-corrected chi connectivity index (χ4v) is 2.54. The van der Waals surface area contributed by atoms with Gasteiger partial charge in [0.25, 0.3) is 0 Å².